The lowest BCUT2D eigenvalue weighted by molar-refractivity contribution is -0.173. The number of pyridine rings is 5. The Morgan fingerprint density at radius 1 is 0.463 bits per heavy atom. The molecule has 4 aliphatic heterocycles. The van der Waals surface area contributed by atoms with Crippen molar-refractivity contribution in [2.45, 2.75) is 84.0 Å². The molecule has 5 N–H and O–H groups in total. The molecule has 13 heterocycles. The highest BCUT2D eigenvalue weighted by atomic mass is 32.2. The van der Waals surface area contributed by atoms with E-state index in [0.29, 0.717) is 128 Å². The molecule has 0 aliphatic carbocycles. The van der Waals surface area contributed by atoms with Crippen LogP contribution in [-0.2, 0) is 42.3 Å². The van der Waals surface area contributed by atoms with Gasteiger partial charge >= 0.3 is 0 Å². The molecule has 134 heavy (non-hydrogen) atoms. The summed E-state index contributed by atoms with van der Waals surface area (Å²) < 4.78 is 188. The average molecular weight is 1880 g/mol. The highest BCUT2D eigenvalue weighted by Crippen LogP contribution is 2.43. The van der Waals surface area contributed by atoms with Crippen molar-refractivity contribution in [3.05, 3.63) is 279 Å². The number of nitrogens with zero attached hydrogens (tertiary/aromatic N) is 16. The maximum atomic E-state index is 14.7. The number of ether oxygens (including phenoxy) is 2. The van der Waals surface area contributed by atoms with Gasteiger partial charge in [0.15, 0.2) is 0 Å². The number of carbonyl (C=O) groups excluding carboxylic acids is 1. The molecule has 1 unspecified atom stereocenters. The molecule has 4 aliphatic rings. The van der Waals surface area contributed by atoms with Crippen LogP contribution in [0.2, 0.25) is 0 Å². The Labute approximate surface area is 759 Å². The van der Waals surface area contributed by atoms with Crippen molar-refractivity contribution in [2.75, 3.05) is 99.4 Å². The van der Waals surface area contributed by atoms with Crippen LogP contribution in [0.4, 0.5) is 76.0 Å². The quantitative estimate of drug-likeness (QED) is 0.0311. The Morgan fingerprint density at radius 2 is 0.813 bits per heavy atom. The zero-order chi connectivity index (χ0) is 96.4. The standard InChI is InChI=1S/C24H24F3N5O2.C23H25F3N6O2.C23H20F3N5O2.C23H24F3N5OS/c1-13(15-5-4-6-16(19(15)25)20(26)27)30-21-18-7-17(23(33)31(3)22(18)29-12-28-21)14(2)32-8-24(9-32)10-34-11-24;1-13(14-5-4-6-15(18(14)24)19(25)26)29-20-16-11-17(22(33)31(3)21(16)28-12-27-20)23(34)32-9-7-30(2)8-10-32;1-12(13-6-4-7-15(18(13)24)19(25)26)30-20-17-10-16(14-8-5-9-27-22(14)33-3)23(32)31(2)21(17)29-11-28-20;1-13(15-5-4-6-16(19(15)24)20(25)26)30-21-18-11-17(14-7-9-33(3,27)10-8-14)23(32)31(2)22(18)29-12-28-21/h4-7,12-13,20H,2,8-11H2,1,3H3,(H,28,29,30);4-6,11-13,19H,7-10H2,1-3H3,(H,27,28,29);4-12,19H,1-3H3,(H,28,29,30);4-7,11-13,20,27H,3,8-10H2,1-2H3,(H,28,29,30)/t2*13-;12-;13-,33?/m1111/s1. The number of allylic oxidation sites excluding steroid dienone is 1. The number of piperazine rings is 1. The lowest BCUT2D eigenvalue weighted by Gasteiger charge is -2.56. The van der Waals surface area contributed by atoms with E-state index in [9.17, 15) is 76.7 Å². The van der Waals surface area contributed by atoms with Crippen molar-refractivity contribution in [3.63, 3.8) is 0 Å². The number of amides is 1. The van der Waals surface area contributed by atoms with E-state index in [4.69, 9.17) is 14.3 Å². The molecule has 0 bridgehead atoms. The van der Waals surface area contributed by atoms with Crippen molar-refractivity contribution in [3.8, 4) is 17.0 Å². The number of aryl methyl sites for hydroxylation is 4. The number of methoxy groups -OCH3 is 1. The molecule has 28 nitrogen and oxygen atoms in total. The summed E-state index contributed by atoms with van der Waals surface area (Å²) >= 11 is 0. The number of halogens is 12. The van der Waals surface area contributed by atoms with E-state index in [1.165, 1.54) is 112 Å². The molecular formula is C93H93F12N21O7S. The predicted octanol–water partition coefficient (Wildman–Crippen LogP) is 16.2. The van der Waals surface area contributed by atoms with E-state index in [0.717, 1.165) is 56.1 Å². The first-order valence-electron chi connectivity index (χ1n) is 42.1. The van der Waals surface area contributed by atoms with Crippen molar-refractivity contribution < 1.29 is 67.0 Å². The topological polar surface area (TPSA) is 321 Å². The van der Waals surface area contributed by atoms with Crippen LogP contribution in [0.15, 0.2) is 173 Å². The van der Waals surface area contributed by atoms with Gasteiger partial charge in [0.2, 0.25) is 5.88 Å². The molecule has 17 rings (SSSR count). The lowest BCUT2D eigenvalue weighted by atomic mass is 9.77. The van der Waals surface area contributed by atoms with Gasteiger partial charge in [-0.05, 0) is 83.1 Å². The maximum Gasteiger partial charge on any atom is 0.266 e. The molecule has 13 aromatic rings. The van der Waals surface area contributed by atoms with E-state index in [-0.39, 0.29) is 73.2 Å². The Morgan fingerprint density at radius 3 is 1.17 bits per heavy atom. The highest BCUT2D eigenvalue weighted by molar-refractivity contribution is 8.01. The molecule has 5 atom stereocenters. The van der Waals surface area contributed by atoms with Gasteiger partial charge in [-0.25, -0.2) is 97.5 Å². The van der Waals surface area contributed by atoms with Crippen LogP contribution in [0.3, 0.4) is 0 Å². The zero-order valence-corrected chi connectivity index (χ0v) is 74.9. The van der Waals surface area contributed by atoms with E-state index >= 15 is 0 Å². The second-order valence-electron chi connectivity index (χ2n) is 33.0. The smallest absolute Gasteiger partial charge is 0.266 e. The van der Waals surface area contributed by atoms with Gasteiger partial charge in [-0.1, -0.05) is 91.3 Å². The van der Waals surface area contributed by atoms with Crippen LogP contribution >= 0.6 is 0 Å². The number of nitrogens with one attached hydrogen (secondary N) is 5. The van der Waals surface area contributed by atoms with Crippen LogP contribution < -0.4 is 48.2 Å². The molecule has 4 aromatic carbocycles. The molecule has 702 valence electrons. The number of hydrogen-bond donors (Lipinski definition) is 5. The van der Waals surface area contributed by atoms with Crippen LogP contribution in [0.1, 0.15) is 150 Å². The first-order chi connectivity index (χ1) is 63.8. The largest absolute Gasteiger partial charge is 0.481 e. The SMILES string of the molecule is C=C(c1cc2c(N[C@H](C)c3cccc(C(F)F)c3F)ncnc2n(C)c1=O)N1CC2(COC2)C1.C=S1(=N)CC=C(c2cc3c(N[C@H](C)c4cccc(C(F)F)c4F)ncnc3n(C)c2=O)CC1.COc1ncccc1-c1cc2c(N[C@H](C)c3cccc(C(F)F)c3F)ncnc2n(C)c1=O.C[C@@H](Nc1ncnc2c1cc(C(=O)N1CCN(C)CC1)c(=O)n2C)c1cccc(C(F)F)c1F. The van der Waals surface area contributed by atoms with E-state index < -0.39 is 110 Å². The summed E-state index contributed by atoms with van der Waals surface area (Å²) in [6.45, 7) is 16.1. The fourth-order valence-corrected chi connectivity index (χ4v) is 17.7. The molecule has 9 aromatic heterocycles. The van der Waals surface area contributed by atoms with Crippen molar-refractivity contribution in [1.82, 2.24) is 77.8 Å². The molecule has 3 saturated heterocycles. The van der Waals surface area contributed by atoms with Gasteiger partial charge in [-0.15, -0.1) is 9.41 Å². The molecule has 1 spiro atoms. The molecule has 0 saturated carbocycles. The van der Waals surface area contributed by atoms with Gasteiger partial charge in [-0.2, -0.15) is 0 Å². The van der Waals surface area contributed by atoms with Crippen molar-refractivity contribution in [2.24, 2.45) is 33.6 Å². The third-order valence-corrected chi connectivity index (χ3v) is 25.9. The number of likely N-dealkylation sites (N-methyl/N-ethyl adjacent to an activating group) is 1. The third kappa shape index (κ3) is 19.6. The van der Waals surface area contributed by atoms with Gasteiger partial charge in [0, 0.05) is 124 Å². The van der Waals surface area contributed by atoms with Gasteiger partial charge in [-0.3, -0.25) is 47.0 Å². The summed E-state index contributed by atoms with van der Waals surface area (Å²) in [5.74, 6) is 2.41. The summed E-state index contributed by atoms with van der Waals surface area (Å²) in [5, 5.41) is 14.2. The number of likely N-dealkylation sites (tertiary alicyclic amines) is 1. The van der Waals surface area contributed by atoms with E-state index in [2.05, 4.69) is 88.4 Å². The fourth-order valence-electron chi connectivity index (χ4n) is 16.4. The minimum Gasteiger partial charge on any atom is -0.481 e. The Bertz CT molecular complexity index is 7130. The Kier molecular flexibility index (Phi) is 28.6. The Balaban J connectivity index is 0.000000143. The summed E-state index contributed by atoms with van der Waals surface area (Å²) in [5.41, 5.74) is 1.13. The normalized spacial score (nSPS) is 16.2. The Hall–Kier alpha value is -14.0. The first-order valence-corrected chi connectivity index (χ1v) is 44.2. The summed E-state index contributed by atoms with van der Waals surface area (Å²) in [7, 11) is 8.07. The van der Waals surface area contributed by atoms with Gasteiger partial charge in [0.05, 0.1) is 105 Å². The predicted molar refractivity (Wildman–Crippen MR) is 489 cm³/mol. The molecule has 0 radical (unpaired) electrons. The van der Waals surface area contributed by atoms with Crippen molar-refractivity contribution in [1.29, 1.82) is 4.78 Å². The van der Waals surface area contributed by atoms with Crippen LogP contribution in [0.5, 0.6) is 5.88 Å². The minimum atomic E-state index is -2.94. The minimum absolute atomic E-state index is 0.0177. The van der Waals surface area contributed by atoms with Gasteiger partial charge < -0.3 is 45.4 Å². The first kappa shape index (κ1) is 96.1. The maximum absolute atomic E-state index is 14.7. The van der Waals surface area contributed by atoms with E-state index in [1.807, 2.05) is 13.1 Å². The molecule has 1 amide bonds. The van der Waals surface area contributed by atoms with E-state index in [1.54, 1.807) is 90.3 Å². The second-order valence-corrected chi connectivity index (χ2v) is 35.9. The average Bonchev–Trinajstić information content (AvgIpc) is 0.732. The van der Waals surface area contributed by atoms with Crippen LogP contribution in [-0.4, -0.2) is 168 Å². The second kappa shape index (κ2) is 39.8. The van der Waals surface area contributed by atoms with Crippen LogP contribution in [0, 0.1) is 33.5 Å². The number of carbonyl (C=O) groups is 1. The number of alkyl halides is 8. The molecule has 41 heteroatoms. The number of hydrogen-bond acceptors (Lipinski definition) is 23. The van der Waals surface area contributed by atoms with Crippen molar-refractivity contribution >= 4 is 99.9 Å². The number of fused-ring (bicyclic) bond motifs is 4. The summed E-state index contributed by atoms with van der Waals surface area (Å²) in [6.07, 6.45) is -2.55. The molecular weight excluding hydrogens is 1780 g/mol. The number of rotatable bonds is 22. The zero-order valence-electron chi connectivity index (χ0n) is 74.1. The third-order valence-electron chi connectivity index (χ3n) is 24.1. The lowest BCUT2D eigenvalue weighted by Crippen LogP contribution is -2.65. The highest BCUT2D eigenvalue weighted by Gasteiger charge is 2.50. The number of aromatic nitrogens is 13. The summed E-state index contributed by atoms with van der Waals surface area (Å²) in [4.78, 5) is 109. The van der Waals surface area contributed by atoms with Gasteiger partial charge in [0.1, 0.15) is 100 Å². The number of benzene rings is 4. The van der Waals surface area contributed by atoms with Gasteiger partial charge in [0.25, 0.3) is 53.8 Å². The summed E-state index contributed by atoms with van der Waals surface area (Å²) in [6, 6.07) is 22.6. The molecule has 3 fully saturated rings. The monoisotopic (exact) mass is 1880 g/mol. The fraction of sp³-hybridized carbons (Fsp3) is 0.323. The van der Waals surface area contributed by atoms with Crippen LogP contribution in [0.25, 0.3) is 66.5 Å². The number of anilines is 4.